The van der Waals surface area contributed by atoms with Crippen molar-refractivity contribution in [1.82, 2.24) is 0 Å². The third-order valence-electron chi connectivity index (χ3n) is 2.17. The van der Waals surface area contributed by atoms with Gasteiger partial charge in [0.15, 0.2) is 0 Å². The van der Waals surface area contributed by atoms with Gasteiger partial charge in [-0.15, -0.1) is 0 Å². The van der Waals surface area contributed by atoms with Gasteiger partial charge in [0.2, 0.25) is 5.91 Å². The summed E-state index contributed by atoms with van der Waals surface area (Å²) in [4.78, 5) is 10.8. The molecule has 0 saturated carbocycles. The summed E-state index contributed by atoms with van der Waals surface area (Å²) in [5, 5.41) is 9.05. The summed E-state index contributed by atoms with van der Waals surface area (Å²) in [7, 11) is 0. The van der Waals surface area contributed by atoms with Crippen molar-refractivity contribution in [3.8, 4) is 5.75 Å². The molecular formula is C11H14BrNO3. The van der Waals surface area contributed by atoms with Crippen LogP contribution < -0.4 is 10.5 Å². The van der Waals surface area contributed by atoms with E-state index < -0.39 is 0 Å². The van der Waals surface area contributed by atoms with Crippen molar-refractivity contribution in [2.45, 2.75) is 13.5 Å². The molecule has 0 heterocycles. The maximum absolute atomic E-state index is 10.8. The lowest BCUT2D eigenvalue weighted by Crippen LogP contribution is -2.25. The third kappa shape index (κ3) is 3.50. The smallest absolute Gasteiger partial charge is 0.223 e. The van der Waals surface area contributed by atoms with Gasteiger partial charge in [-0.2, -0.15) is 0 Å². The largest absolute Gasteiger partial charge is 0.493 e. The van der Waals surface area contributed by atoms with Crippen molar-refractivity contribution in [2.75, 3.05) is 6.61 Å². The predicted octanol–water partition coefficient (Wildman–Crippen LogP) is 1.44. The average Bonchev–Trinajstić information content (AvgIpc) is 2.27. The van der Waals surface area contributed by atoms with Gasteiger partial charge in [-0.25, -0.2) is 0 Å². The Bertz CT molecular complexity index is 381. The van der Waals surface area contributed by atoms with E-state index in [4.69, 9.17) is 15.6 Å². The zero-order valence-electron chi connectivity index (χ0n) is 8.94. The van der Waals surface area contributed by atoms with Crippen LogP contribution in [0.5, 0.6) is 5.75 Å². The highest BCUT2D eigenvalue weighted by Crippen LogP contribution is 2.22. The van der Waals surface area contributed by atoms with Gasteiger partial charge < -0.3 is 15.6 Å². The Hall–Kier alpha value is -1.07. The summed E-state index contributed by atoms with van der Waals surface area (Å²) in [5.41, 5.74) is 5.85. The number of rotatable bonds is 5. The fourth-order valence-corrected chi connectivity index (χ4v) is 1.44. The van der Waals surface area contributed by atoms with E-state index in [1.807, 2.05) is 0 Å². The molecule has 0 bridgehead atoms. The molecule has 1 aromatic rings. The summed E-state index contributed by atoms with van der Waals surface area (Å²) < 4.78 is 6.22. The van der Waals surface area contributed by atoms with Gasteiger partial charge in [0.05, 0.1) is 19.1 Å². The van der Waals surface area contributed by atoms with E-state index in [0.717, 1.165) is 10.0 Å². The molecule has 0 aliphatic heterocycles. The van der Waals surface area contributed by atoms with Gasteiger partial charge in [-0.3, -0.25) is 4.79 Å². The molecule has 4 nitrogen and oxygen atoms in total. The fourth-order valence-electron chi connectivity index (χ4n) is 1.07. The molecule has 1 rings (SSSR count). The lowest BCUT2D eigenvalue weighted by molar-refractivity contribution is -0.122. The van der Waals surface area contributed by atoms with E-state index >= 15 is 0 Å². The number of aliphatic hydroxyl groups is 1. The van der Waals surface area contributed by atoms with Crippen LogP contribution in [-0.4, -0.2) is 17.6 Å². The molecular weight excluding hydrogens is 274 g/mol. The monoisotopic (exact) mass is 287 g/mol. The highest BCUT2D eigenvalue weighted by molar-refractivity contribution is 9.10. The number of amides is 1. The standard InChI is InChI=1S/C11H14BrNO3/c1-7(11(13)15)6-16-9-2-3-10(12)8(4-9)5-14/h2-4,7,14H,5-6H2,1H3,(H2,13,15). The van der Waals surface area contributed by atoms with Gasteiger partial charge in [-0.05, 0) is 23.8 Å². The Morgan fingerprint density at radius 2 is 2.31 bits per heavy atom. The first-order chi connectivity index (χ1) is 7.54. The quantitative estimate of drug-likeness (QED) is 0.861. The number of hydrogen-bond acceptors (Lipinski definition) is 3. The fraction of sp³-hybridized carbons (Fsp3) is 0.364. The number of carbonyl (C=O) groups excluding carboxylic acids is 1. The van der Waals surface area contributed by atoms with Gasteiger partial charge in [0.25, 0.3) is 0 Å². The number of nitrogens with two attached hydrogens (primary N) is 1. The number of benzene rings is 1. The molecule has 1 aromatic carbocycles. The van der Waals surface area contributed by atoms with Crippen LogP contribution >= 0.6 is 15.9 Å². The highest BCUT2D eigenvalue weighted by atomic mass is 79.9. The van der Waals surface area contributed by atoms with E-state index in [-0.39, 0.29) is 25.0 Å². The summed E-state index contributed by atoms with van der Waals surface area (Å²) in [6.07, 6.45) is 0. The van der Waals surface area contributed by atoms with Crippen LogP contribution in [-0.2, 0) is 11.4 Å². The SMILES string of the molecule is CC(COc1ccc(Br)c(CO)c1)C(N)=O. The number of carbonyl (C=O) groups is 1. The van der Waals surface area contributed by atoms with Crippen LogP contribution in [0.25, 0.3) is 0 Å². The Labute approximate surface area is 103 Å². The second-order valence-electron chi connectivity index (χ2n) is 3.53. The maximum Gasteiger partial charge on any atom is 0.223 e. The Morgan fingerprint density at radius 3 is 2.88 bits per heavy atom. The Morgan fingerprint density at radius 1 is 1.62 bits per heavy atom. The summed E-state index contributed by atoms with van der Waals surface area (Å²) in [5.74, 6) is -0.110. The van der Waals surface area contributed by atoms with Crippen LogP contribution in [0.3, 0.4) is 0 Å². The van der Waals surface area contributed by atoms with E-state index in [9.17, 15) is 4.79 Å². The minimum absolute atomic E-state index is 0.0663. The highest BCUT2D eigenvalue weighted by Gasteiger charge is 2.09. The molecule has 0 aliphatic carbocycles. The number of halogens is 1. The topological polar surface area (TPSA) is 72.6 Å². The van der Waals surface area contributed by atoms with Crippen LogP contribution in [0.15, 0.2) is 22.7 Å². The summed E-state index contributed by atoms with van der Waals surface area (Å²) in [6, 6.07) is 5.27. The van der Waals surface area contributed by atoms with Crippen LogP contribution in [0.4, 0.5) is 0 Å². The van der Waals surface area contributed by atoms with Gasteiger partial charge in [0, 0.05) is 4.47 Å². The predicted molar refractivity (Wildman–Crippen MR) is 63.9 cm³/mol. The molecule has 3 N–H and O–H groups in total. The maximum atomic E-state index is 10.8. The summed E-state index contributed by atoms with van der Waals surface area (Å²) >= 11 is 3.30. The van der Waals surface area contributed by atoms with Crippen LogP contribution in [0, 0.1) is 5.92 Å². The third-order valence-corrected chi connectivity index (χ3v) is 2.95. The van der Waals surface area contributed by atoms with E-state index in [0.29, 0.717) is 5.75 Å². The molecule has 0 saturated heterocycles. The number of hydrogen-bond donors (Lipinski definition) is 2. The number of aliphatic hydroxyl groups excluding tert-OH is 1. The normalized spacial score (nSPS) is 12.2. The molecule has 0 fully saturated rings. The van der Waals surface area contributed by atoms with Crippen molar-refractivity contribution < 1.29 is 14.6 Å². The zero-order valence-corrected chi connectivity index (χ0v) is 10.5. The lowest BCUT2D eigenvalue weighted by Gasteiger charge is -2.11. The molecule has 5 heteroatoms. The first kappa shape index (κ1) is 13.0. The molecule has 1 unspecified atom stereocenters. The second-order valence-corrected chi connectivity index (χ2v) is 4.38. The first-order valence-electron chi connectivity index (χ1n) is 4.86. The Balaban J connectivity index is 2.64. The van der Waals surface area contributed by atoms with Crippen LogP contribution in [0.2, 0.25) is 0 Å². The van der Waals surface area contributed by atoms with Gasteiger partial charge in [0.1, 0.15) is 5.75 Å². The molecule has 0 radical (unpaired) electrons. The molecule has 0 aliphatic rings. The molecule has 0 aromatic heterocycles. The Kier molecular flexibility index (Phi) is 4.76. The van der Waals surface area contributed by atoms with Crippen molar-refractivity contribution >= 4 is 21.8 Å². The number of primary amides is 1. The molecule has 16 heavy (non-hydrogen) atoms. The lowest BCUT2D eigenvalue weighted by atomic mass is 10.2. The van der Waals surface area contributed by atoms with Crippen molar-refractivity contribution in [2.24, 2.45) is 11.7 Å². The van der Waals surface area contributed by atoms with Gasteiger partial charge >= 0.3 is 0 Å². The van der Waals surface area contributed by atoms with E-state index in [1.165, 1.54) is 0 Å². The number of ether oxygens (including phenoxy) is 1. The summed E-state index contributed by atoms with van der Waals surface area (Å²) in [6.45, 7) is 1.87. The zero-order chi connectivity index (χ0) is 12.1. The van der Waals surface area contributed by atoms with Gasteiger partial charge in [-0.1, -0.05) is 22.9 Å². The minimum atomic E-state index is -0.389. The van der Waals surface area contributed by atoms with E-state index in [1.54, 1.807) is 25.1 Å². The molecule has 0 spiro atoms. The van der Waals surface area contributed by atoms with Crippen molar-refractivity contribution in [3.63, 3.8) is 0 Å². The first-order valence-corrected chi connectivity index (χ1v) is 5.65. The molecule has 88 valence electrons. The van der Waals surface area contributed by atoms with Crippen molar-refractivity contribution in [3.05, 3.63) is 28.2 Å². The second kappa shape index (κ2) is 5.86. The van der Waals surface area contributed by atoms with Crippen LogP contribution in [0.1, 0.15) is 12.5 Å². The van der Waals surface area contributed by atoms with E-state index in [2.05, 4.69) is 15.9 Å². The minimum Gasteiger partial charge on any atom is -0.493 e. The molecule has 1 atom stereocenters. The van der Waals surface area contributed by atoms with Crippen molar-refractivity contribution in [1.29, 1.82) is 0 Å². The molecule has 1 amide bonds. The average molecular weight is 288 g/mol.